The highest BCUT2D eigenvalue weighted by molar-refractivity contribution is 9.10. The molecule has 0 aliphatic carbocycles. The molecule has 1 unspecified atom stereocenters. The maximum atomic E-state index is 14.1. The van der Waals surface area contributed by atoms with Crippen LogP contribution in [0, 0.1) is 24.4 Å². The van der Waals surface area contributed by atoms with E-state index in [1.807, 2.05) is 0 Å². The maximum Gasteiger partial charge on any atom is 0.133 e. The predicted molar refractivity (Wildman–Crippen MR) is 79.0 cm³/mol. The highest BCUT2D eigenvalue weighted by Crippen LogP contribution is 2.27. The summed E-state index contributed by atoms with van der Waals surface area (Å²) in [6.45, 7) is 1.55. The van der Waals surface area contributed by atoms with Gasteiger partial charge in [0.2, 0.25) is 0 Å². The van der Waals surface area contributed by atoms with Crippen LogP contribution >= 0.6 is 15.9 Å². The summed E-state index contributed by atoms with van der Waals surface area (Å²) in [4.78, 5) is 0. The van der Waals surface area contributed by atoms with Gasteiger partial charge in [0.25, 0.3) is 0 Å². The molecule has 3 N–H and O–H groups in total. The molecule has 2 aromatic carbocycles. The lowest BCUT2D eigenvalue weighted by molar-refractivity contribution is 0.469. The first-order chi connectivity index (χ1) is 9.92. The third kappa shape index (κ3) is 3.64. The molecule has 112 valence electrons. The number of hydrazine groups is 1. The van der Waals surface area contributed by atoms with Crippen LogP contribution in [-0.4, -0.2) is 0 Å². The van der Waals surface area contributed by atoms with E-state index in [1.54, 1.807) is 13.0 Å². The molecular formula is C15H14BrF3N2. The summed E-state index contributed by atoms with van der Waals surface area (Å²) in [6, 6.07) is 6.06. The molecule has 0 aromatic heterocycles. The van der Waals surface area contributed by atoms with E-state index in [1.165, 1.54) is 24.3 Å². The van der Waals surface area contributed by atoms with Crippen LogP contribution in [0.25, 0.3) is 0 Å². The number of rotatable bonds is 4. The normalized spacial score (nSPS) is 12.5. The van der Waals surface area contributed by atoms with Crippen molar-refractivity contribution >= 4 is 15.9 Å². The largest absolute Gasteiger partial charge is 0.271 e. The first-order valence-electron chi connectivity index (χ1n) is 6.28. The Morgan fingerprint density at radius 1 is 1.19 bits per heavy atom. The van der Waals surface area contributed by atoms with E-state index in [2.05, 4.69) is 21.4 Å². The van der Waals surface area contributed by atoms with Crippen LogP contribution in [0.5, 0.6) is 0 Å². The number of hydrogen-bond acceptors (Lipinski definition) is 2. The molecular weight excluding hydrogens is 345 g/mol. The molecule has 21 heavy (non-hydrogen) atoms. The molecule has 0 aliphatic rings. The molecule has 0 fully saturated rings. The lowest BCUT2D eigenvalue weighted by atomic mass is 9.97. The highest BCUT2D eigenvalue weighted by atomic mass is 79.9. The van der Waals surface area contributed by atoms with E-state index in [0.29, 0.717) is 15.6 Å². The third-order valence-corrected chi connectivity index (χ3v) is 3.69. The standard InChI is InChI=1S/C15H14BrF3N2/c1-8-2-3-12(18)14(15(8)19)13(21-20)6-9-4-10(16)7-11(17)5-9/h2-5,7,13,21H,6,20H2,1H3. The minimum Gasteiger partial charge on any atom is -0.271 e. The van der Waals surface area contributed by atoms with Crippen molar-refractivity contribution in [2.75, 3.05) is 0 Å². The van der Waals surface area contributed by atoms with Crippen molar-refractivity contribution < 1.29 is 13.2 Å². The monoisotopic (exact) mass is 358 g/mol. The summed E-state index contributed by atoms with van der Waals surface area (Å²) in [5, 5.41) is 0. The first-order valence-corrected chi connectivity index (χ1v) is 7.07. The molecule has 0 radical (unpaired) electrons. The fourth-order valence-corrected chi connectivity index (χ4v) is 2.72. The first kappa shape index (κ1) is 16.0. The molecule has 0 saturated heterocycles. The number of benzene rings is 2. The van der Waals surface area contributed by atoms with E-state index >= 15 is 0 Å². The van der Waals surface area contributed by atoms with Gasteiger partial charge in [0.1, 0.15) is 17.5 Å². The maximum absolute atomic E-state index is 14.1. The summed E-state index contributed by atoms with van der Waals surface area (Å²) in [7, 11) is 0. The average molecular weight is 359 g/mol. The van der Waals surface area contributed by atoms with Crippen LogP contribution < -0.4 is 11.3 Å². The van der Waals surface area contributed by atoms with Gasteiger partial charge in [-0.15, -0.1) is 0 Å². The summed E-state index contributed by atoms with van der Waals surface area (Å²) >= 11 is 3.18. The predicted octanol–water partition coefficient (Wildman–Crippen LogP) is 3.92. The van der Waals surface area contributed by atoms with E-state index in [-0.39, 0.29) is 12.0 Å². The van der Waals surface area contributed by atoms with E-state index < -0.39 is 23.5 Å². The molecule has 2 rings (SSSR count). The Morgan fingerprint density at radius 2 is 1.90 bits per heavy atom. The summed E-state index contributed by atoms with van der Waals surface area (Å²) in [5.41, 5.74) is 3.16. The minimum atomic E-state index is -0.793. The Bertz CT molecular complexity index is 641. The van der Waals surface area contributed by atoms with E-state index in [0.717, 1.165) is 0 Å². The van der Waals surface area contributed by atoms with Gasteiger partial charge in [-0.05, 0) is 48.7 Å². The number of nitrogens with one attached hydrogen (secondary N) is 1. The van der Waals surface area contributed by atoms with E-state index in [9.17, 15) is 13.2 Å². The Balaban J connectivity index is 2.39. The molecule has 1 atom stereocenters. The Kier molecular flexibility index (Phi) is 5.03. The molecule has 0 amide bonds. The van der Waals surface area contributed by atoms with Crippen LogP contribution in [0.1, 0.15) is 22.7 Å². The Morgan fingerprint density at radius 3 is 2.52 bits per heavy atom. The van der Waals surface area contributed by atoms with Crippen molar-refractivity contribution in [2.45, 2.75) is 19.4 Å². The lowest BCUT2D eigenvalue weighted by Gasteiger charge is -2.19. The van der Waals surface area contributed by atoms with Crippen molar-refractivity contribution in [3.8, 4) is 0 Å². The third-order valence-electron chi connectivity index (χ3n) is 3.23. The van der Waals surface area contributed by atoms with Gasteiger partial charge in [0, 0.05) is 10.0 Å². The molecule has 0 bridgehead atoms. The zero-order valence-corrected chi connectivity index (χ0v) is 12.8. The van der Waals surface area contributed by atoms with Crippen molar-refractivity contribution in [1.82, 2.24) is 5.43 Å². The van der Waals surface area contributed by atoms with Crippen molar-refractivity contribution in [1.29, 1.82) is 0 Å². The van der Waals surface area contributed by atoms with Crippen molar-refractivity contribution in [3.05, 3.63) is 68.9 Å². The average Bonchev–Trinajstić information content (AvgIpc) is 2.41. The van der Waals surface area contributed by atoms with Crippen molar-refractivity contribution in [2.24, 2.45) is 5.84 Å². The molecule has 0 heterocycles. The van der Waals surface area contributed by atoms with E-state index in [4.69, 9.17) is 5.84 Å². The Hall–Kier alpha value is -1.37. The summed E-state index contributed by atoms with van der Waals surface area (Å²) < 4.78 is 42.0. The number of halogens is 4. The van der Waals surface area contributed by atoms with Gasteiger partial charge < -0.3 is 0 Å². The van der Waals surface area contributed by atoms with Crippen LogP contribution in [-0.2, 0) is 6.42 Å². The van der Waals surface area contributed by atoms with Gasteiger partial charge in [-0.1, -0.05) is 22.0 Å². The molecule has 0 saturated carbocycles. The topological polar surface area (TPSA) is 38.0 Å². The van der Waals surface area contributed by atoms with Gasteiger partial charge in [-0.3, -0.25) is 11.3 Å². The second kappa shape index (κ2) is 6.60. The molecule has 0 spiro atoms. The highest BCUT2D eigenvalue weighted by Gasteiger charge is 2.21. The Labute approximate surface area is 129 Å². The van der Waals surface area contributed by atoms with Gasteiger partial charge in [0.05, 0.1) is 6.04 Å². The van der Waals surface area contributed by atoms with Gasteiger partial charge >= 0.3 is 0 Å². The second-order valence-electron chi connectivity index (χ2n) is 4.79. The fourth-order valence-electron chi connectivity index (χ4n) is 2.21. The zero-order chi connectivity index (χ0) is 15.6. The summed E-state index contributed by atoms with van der Waals surface area (Å²) in [5.74, 6) is 3.67. The molecule has 6 heteroatoms. The molecule has 2 nitrogen and oxygen atoms in total. The second-order valence-corrected chi connectivity index (χ2v) is 5.71. The molecule has 2 aromatic rings. The number of aryl methyl sites for hydroxylation is 1. The zero-order valence-electron chi connectivity index (χ0n) is 11.3. The van der Waals surface area contributed by atoms with Crippen LogP contribution in [0.4, 0.5) is 13.2 Å². The quantitative estimate of drug-likeness (QED) is 0.642. The van der Waals surface area contributed by atoms with Crippen LogP contribution in [0.2, 0.25) is 0 Å². The fraction of sp³-hybridized carbons (Fsp3) is 0.200. The van der Waals surface area contributed by atoms with Crippen molar-refractivity contribution in [3.63, 3.8) is 0 Å². The van der Waals surface area contributed by atoms with Crippen LogP contribution in [0.3, 0.4) is 0 Å². The lowest BCUT2D eigenvalue weighted by Crippen LogP contribution is -2.31. The number of hydrogen-bond donors (Lipinski definition) is 2. The van der Waals surface area contributed by atoms with Gasteiger partial charge in [0.15, 0.2) is 0 Å². The van der Waals surface area contributed by atoms with Gasteiger partial charge in [-0.2, -0.15) is 0 Å². The summed E-state index contributed by atoms with van der Waals surface area (Å²) in [6.07, 6.45) is 0.157. The SMILES string of the molecule is Cc1ccc(F)c(C(Cc2cc(F)cc(Br)c2)NN)c1F. The minimum absolute atomic E-state index is 0.141. The number of nitrogens with two attached hydrogens (primary N) is 1. The smallest absolute Gasteiger partial charge is 0.133 e. The van der Waals surface area contributed by atoms with Crippen LogP contribution in [0.15, 0.2) is 34.8 Å². The molecule has 0 aliphatic heterocycles. The van der Waals surface area contributed by atoms with Gasteiger partial charge in [-0.25, -0.2) is 13.2 Å².